The number of aliphatic hydroxyl groups is 1. The molecule has 0 heterocycles. The van der Waals surface area contributed by atoms with Gasteiger partial charge in [-0.3, -0.25) is 0 Å². The molecule has 0 radical (unpaired) electrons. The average Bonchev–Trinajstić information content (AvgIpc) is 2.38. The van der Waals surface area contributed by atoms with Crippen molar-refractivity contribution in [3.05, 3.63) is 29.3 Å². The van der Waals surface area contributed by atoms with Crippen molar-refractivity contribution in [1.82, 2.24) is 5.32 Å². The summed E-state index contributed by atoms with van der Waals surface area (Å²) in [4.78, 5) is 1.30. The smallest absolute Gasteiger partial charge is 0.0587 e. The van der Waals surface area contributed by atoms with Crippen LogP contribution in [0.5, 0.6) is 0 Å². The van der Waals surface area contributed by atoms with Crippen molar-refractivity contribution < 1.29 is 9.84 Å². The number of thioether (sulfide) groups is 1. The van der Waals surface area contributed by atoms with E-state index < -0.39 is 0 Å². The lowest BCUT2D eigenvalue weighted by atomic mass is 10.1. The third kappa shape index (κ3) is 6.43. The molecule has 0 spiro atoms. The van der Waals surface area contributed by atoms with E-state index in [1.54, 1.807) is 7.11 Å². The van der Waals surface area contributed by atoms with Gasteiger partial charge in [0, 0.05) is 37.0 Å². The van der Waals surface area contributed by atoms with Crippen molar-refractivity contribution in [2.75, 3.05) is 26.9 Å². The Morgan fingerprint density at radius 3 is 2.89 bits per heavy atom. The van der Waals surface area contributed by atoms with E-state index in [4.69, 9.17) is 9.84 Å². The molecule has 1 aromatic carbocycles. The van der Waals surface area contributed by atoms with Gasteiger partial charge >= 0.3 is 0 Å². The molecular weight excluding hydrogens is 258 g/mol. The number of aliphatic hydroxyl groups excluding tert-OH is 1. The maximum Gasteiger partial charge on any atom is 0.0587 e. The van der Waals surface area contributed by atoms with Crippen molar-refractivity contribution in [2.24, 2.45) is 0 Å². The van der Waals surface area contributed by atoms with Crippen LogP contribution in [0.4, 0.5) is 0 Å². The van der Waals surface area contributed by atoms with Gasteiger partial charge < -0.3 is 15.2 Å². The molecule has 1 rings (SSSR count). The standard InChI is InChI=1S/C15H25NO2S/c1-12-4-5-15(19-13(2)6-8-17)14(10-12)11-16-7-9-18-3/h4-5,10,13,16-17H,6-9,11H2,1-3H3. The van der Waals surface area contributed by atoms with Crippen LogP contribution in [0.25, 0.3) is 0 Å². The fourth-order valence-corrected chi connectivity index (χ4v) is 2.90. The SMILES string of the molecule is COCCNCc1cc(C)ccc1SC(C)CCO. The van der Waals surface area contributed by atoms with E-state index in [0.29, 0.717) is 5.25 Å². The van der Waals surface area contributed by atoms with E-state index in [9.17, 15) is 0 Å². The van der Waals surface area contributed by atoms with Crippen LogP contribution >= 0.6 is 11.8 Å². The van der Waals surface area contributed by atoms with Crippen molar-refractivity contribution in [1.29, 1.82) is 0 Å². The van der Waals surface area contributed by atoms with Crippen LogP contribution in [0, 0.1) is 6.92 Å². The topological polar surface area (TPSA) is 41.5 Å². The molecule has 1 unspecified atom stereocenters. The van der Waals surface area contributed by atoms with Crippen molar-refractivity contribution in [3.8, 4) is 0 Å². The lowest BCUT2D eigenvalue weighted by molar-refractivity contribution is 0.199. The summed E-state index contributed by atoms with van der Waals surface area (Å²) in [6.45, 7) is 6.98. The molecule has 0 bridgehead atoms. The maximum atomic E-state index is 8.99. The predicted molar refractivity (Wildman–Crippen MR) is 81.8 cm³/mol. The second-order valence-electron chi connectivity index (χ2n) is 4.72. The molecule has 0 amide bonds. The first-order chi connectivity index (χ1) is 9.17. The Kier molecular flexibility index (Phi) is 8.14. The molecule has 1 aromatic rings. The minimum Gasteiger partial charge on any atom is -0.396 e. The molecule has 108 valence electrons. The lowest BCUT2D eigenvalue weighted by Crippen LogP contribution is -2.19. The van der Waals surface area contributed by atoms with Gasteiger partial charge in [0.2, 0.25) is 0 Å². The Morgan fingerprint density at radius 1 is 1.42 bits per heavy atom. The molecule has 4 heteroatoms. The van der Waals surface area contributed by atoms with E-state index >= 15 is 0 Å². The lowest BCUT2D eigenvalue weighted by Gasteiger charge is -2.15. The summed E-state index contributed by atoms with van der Waals surface area (Å²) in [5.74, 6) is 0. The van der Waals surface area contributed by atoms with Gasteiger partial charge in [-0.05, 0) is 25.0 Å². The Hall–Kier alpha value is -0.550. The number of rotatable bonds is 9. The van der Waals surface area contributed by atoms with Gasteiger partial charge in [-0.25, -0.2) is 0 Å². The third-order valence-corrected chi connectivity index (χ3v) is 4.17. The Bertz CT molecular complexity index is 371. The quantitative estimate of drug-likeness (QED) is 0.540. The van der Waals surface area contributed by atoms with E-state index in [1.165, 1.54) is 16.0 Å². The zero-order valence-electron chi connectivity index (χ0n) is 12.1. The van der Waals surface area contributed by atoms with Gasteiger partial charge in [-0.2, -0.15) is 0 Å². The Balaban J connectivity index is 2.62. The minimum absolute atomic E-state index is 0.251. The highest BCUT2D eigenvalue weighted by Gasteiger charge is 2.08. The number of methoxy groups -OCH3 is 1. The van der Waals surface area contributed by atoms with Crippen LogP contribution in [0.2, 0.25) is 0 Å². The maximum absolute atomic E-state index is 8.99. The molecule has 0 aliphatic rings. The second kappa shape index (κ2) is 9.37. The summed E-state index contributed by atoms with van der Waals surface area (Å²) >= 11 is 1.84. The normalized spacial score (nSPS) is 12.6. The first-order valence-corrected chi connectivity index (χ1v) is 7.62. The van der Waals surface area contributed by atoms with Crippen LogP contribution in [-0.2, 0) is 11.3 Å². The first-order valence-electron chi connectivity index (χ1n) is 6.74. The summed E-state index contributed by atoms with van der Waals surface area (Å²) in [6.07, 6.45) is 0.828. The average molecular weight is 283 g/mol. The number of nitrogens with one attached hydrogen (secondary N) is 1. The van der Waals surface area contributed by atoms with Crippen LogP contribution < -0.4 is 5.32 Å². The van der Waals surface area contributed by atoms with Crippen molar-refractivity contribution in [2.45, 2.75) is 37.0 Å². The molecule has 0 fully saturated rings. The molecule has 0 aromatic heterocycles. The van der Waals surface area contributed by atoms with E-state index in [-0.39, 0.29) is 6.61 Å². The van der Waals surface area contributed by atoms with Gasteiger partial charge in [0.15, 0.2) is 0 Å². The number of aryl methyl sites for hydroxylation is 1. The van der Waals surface area contributed by atoms with Gasteiger partial charge in [-0.15, -0.1) is 11.8 Å². The molecule has 2 N–H and O–H groups in total. The first kappa shape index (κ1) is 16.5. The monoisotopic (exact) mass is 283 g/mol. The summed E-state index contributed by atoms with van der Waals surface area (Å²) in [5, 5.41) is 12.8. The molecule has 0 aliphatic carbocycles. The Morgan fingerprint density at radius 2 is 2.21 bits per heavy atom. The molecule has 0 aliphatic heterocycles. The molecule has 0 saturated heterocycles. The number of benzene rings is 1. The van der Waals surface area contributed by atoms with Gasteiger partial charge in [0.25, 0.3) is 0 Å². The molecular formula is C15H25NO2S. The largest absolute Gasteiger partial charge is 0.396 e. The Labute approximate surface area is 120 Å². The highest BCUT2D eigenvalue weighted by atomic mass is 32.2. The second-order valence-corrected chi connectivity index (χ2v) is 6.20. The summed E-state index contributed by atoms with van der Waals surface area (Å²) < 4.78 is 5.03. The van der Waals surface area contributed by atoms with Gasteiger partial charge in [0.05, 0.1) is 6.61 Å². The van der Waals surface area contributed by atoms with Crippen molar-refractivity contribution in [3.63, 3.8) is 0 Å². The number of ether oxygens (including phenoxy) is 1. The molecule has 0 saturated carbocycles. The molecule has 1 atom stereocenters. The van der Waals surface area contributed by atoms with E-state index in [2.05, 4.69) is 37.4 Å². The fourth-order valence-electron chi connectivity index (χ4n) is 1.82. The molecule has 3 nitrogen and oxygen atoms in total. The highest BCUT2D eigenvalue weighted by molar-refractivity contribution is 8.00. The number of hydrogen-bond acceptors (Lipinski definition) is 4. The van der Waals surface area contributed by atoms with Crippen LogP contribution in [0.3, 0.4) is 0 Å². The zero-order chi connectivity index (χ0) is 14.1. The number of hydrogen-bond donors (Lipinski definition) is 2. The van der Waals surface area contributed by atoms with E-state index in [1.807, 2.05) is 11.8 Å². The van der Waals surface area contributed by atoms with Gasteiger partial charge in [0.1, 0.15) is 0 Å². The highest BCUT2D eigenvalue weighted by Crippen LogP contribution is 2.29. The zero-order valence-corrected chi connectivity index (χ0v) is 12.9. The van der Waals surface area contributed by atoms with Gasteiger partial charge in [-0.1, -0.05) is 24.6 Å². The molecule has 19 heavy (non-hydrogen) atoms. The summed E-state index contributed by atoms with van der Waals surface area (Å²) in [6, 6.07) is 6.56. The minimum atomic E-state index is 0.251. The van der Waals surface area contributed by atoms with Crippen LogP contribution in [0.1, 0.15) is 24.5 Å². The van der Waals surface area contributed by atoms with Crippen molar-refractivity contribution >= 4 is 11.8 Å². The van der Waals surface area contributed by atoms with Crippen LogP contribution in [0.15, 0.2) is 23.1 Å². The summed E-state index contributed by atoms with van der Waals surface area (Å²) in [5.41, 5.74) is 2.61. The third-order valence-electron chi connectivity index (χ3n) is 2.88. The predicted octanol–water partition coefficient (Wildman–Crippen LogP) is 2.59. The van der Waals surface area contributed by atoms with E-state index in [0.717, 1.165) is 26.1 Å². The fraction of sp³-hybridized carbons (Fsp3) is 0.600. The van der Waals surface area contributed by atoms with Crippen LogP contribution in [-0.4, -0.2) is 37.2 Å². The summed E-state index contributed by atoms with van der Waals surface area (Å²) in [7, 11) is 1.71.